The Hall–Kier alpha value is -1.34. The molecular formula is C12H6Cl2N2S. The van der Waals surface area contributed by atoms with Crippen LogP contribution in [0.25, 0.3) is 0 Å². The van der Waals surface area contributed by atoms with Crippen molar-refractivity contribution in [1.82, 2.24) is 0 Å². The van der Waals surface area contributed by atoms with Gasteiger partial charge >= 0.3 is 0 Å². The van der Waals surface area contributed by atoms with Crippen molar-refractivity contribution in [3.05, 3.63) is 50.8 Å². The van der Waals surface area contributed by atoms with Crippen molar-refractivity contribution in [2.75, 3.05) is 0 Å². The highest BCUT2D eigenvalue weighted by atomic mass is 35.5. The first kappa shape index (κ1) is 12.1. The van der Waals surface area contributed by atoms with Crippen molar-refractivity contribution < 1.29 is 0 Å². The maximum Gasteiger partial charge on any atom is 0.133 e. The van der Waals surface area contributed by atoms with Crippen LogP contribution in [0.5, 0.6) is 0 Å². The van der Waals surface area contributed by atoms with Gasteiger partial charge in [-0.1, -0.05) is 29.3 Å². The topological polar surface area (TPSA) is 36.1 Å². The minimum atomic E-state index is 0.538. The fourth-order valence-corrected chi connectivity index (χ4v) is 2.43. The van der Waals surface area contributed by atoms with E-state index in [-0.39, 0.29) is 0 Å². The molecule has 0 amide bonds. The van der Waals surface area contributed by atoms with Crippen LogP contribution in [0, 0.1) is 11.3 Å². The van der Waals surface area contributed by atoms with Crippen molar-refractivity contribution in [2.45, 2.75) is 0 Å². The Balaban J connectivity index is 2.36. The van der Waals surface area contributed by atoms with Gasteiger partial charge in [0.25, 0.3) is 0 Å². The fraction of sp³-hybridized carbons (Fsp3) is 0. The predicted molar refractivity (Wildman–Crippen MR) is 72.8 cm³/mol. The van der Waals surface area contributed by atoms with Crippen LogP contribution in [0.3, 0.4) is 0 Å². The number of hydrogen-bond donors (Lipinski definition) is 0. The average Bonchev–Trinajstić information content (AvgIpc) is 2.76. The lowest BCUT2D eigenvalue weighted by Crippen LogP contribution is -1.84. The molecule has 0 atom stereocenters. The molecule has 0 fully saturated rings. The lowest BCUT2D eigenvalue weighted by Gasteiger charge is -1.99. The van der Waals surface area contributed by atoms with Gasteiger partial charge in [-0.15, -0.1) is 11.3 Å². The van der Waals surface area contributed by atoms with Crippen molar-refractivity contribution >= 4 is 45.8 Å². The number of halogens is 2. The van der Waals surface area contributed by atoms with Crippen LogP contribution >= 0.6 is 34.5 Å². The smallest absolute Gasteiger partial charge is 0.133 e. The summed E-state index contributed by atoms with van der Waals surface area (Å²) < 4.78 is 0. The zero-order chi connectivity index (χ0) is 12.3. The van der Waals surface area contributed by atoms with E-state index in [9.17, 15) is 0 Å². The van der Waals surface area contributed by atoms with E-state index in [1.807, 2.05) is 5.38 Å². The molecule has 2 nitrogen and oxygen atoms in total. The van der Waals surface area contributed by atoms with Crippen LogP contribution in [0.1, 0.15) is 11.1 Å². The third-order valence-electron chi connectivity index (χ3n) is 2.08. The summed E-state index contributed by atoms with van der Waals surface area (Å²) >= 11 is 13.4. The molecule has 17 heavy (non-hydrogen) atoms. The second-order valence-electron chi connectivity index (χ2n) is 3.14. The van der Waals surface area contributed by atoms with Crippen LogP contribution < -0.4 is 0 Å². The van der Waals surface area contributed by atoms with Crippen molar-refractivity contribution in [3.63, 3.8) is 0 Å². The first-order valence-corrected chi connectivity index (χ1v) is 6.31. The van der Waals surface area contributed by atoms with E-state index in [0.29, 0.717) is 26.2 Å². The minimum absolute atomic E-state index is 0.538. The third-order valence-corrected chi connectivity index (χ3v) is 3.56. The summed E-state index contributed by atoms with van der Waals surface area (Å²) in [4.78, 5) is 4.23. The Labute approximate surface area is 113 Å². The van der Waals surface area contributed by atoms with Gasteiger partial charge in [-0.3, -0.25) is 0 Å². The van der Waals surface area contributed by atoms with Crippen LogP contribution in [-0.4, -0.2) is 6.21 Å². The Morgan fingerprint density at radius 2 is 1.94 bits per heavy atom. The Morgan fingerprint density at radius 3 is 2.59 bits per heavy atom. The third kappa shape index (κ3) is 2.67. The molecule has 0 aliphatic rings. The van der Waals surface area contributed by atoms with E-state index in [0.717, 1.165) is 0 Å². The molecule has 0 N–H and O–H groups in total. The summed E-state index contributed by atoms with van der Waals surface area (Å²) in [6, 6.07) is 9.06. The Kier molecular flexibility index (Phi) is 3.80. The molecule has 0 bridgehead atoms. The van der Waals surface area contributed by atoms with Crippen molar-refractivity contribution in [1.29, 1.82) is 5.26 Å². The number of benzene rings is 1. The molecule has 0 spiro atoms. The summed E-state index contributed by atoms with van der Waals surface area (Å²) in [5.41, 5.74) is 1.21. The molecule has 2 aromatic rings. The van der Waals surface area contributed by atoms with Gasteiger partial charge in [0, 0.05) is 11.8 Å². The number of hydrogen-bond acceptors (Lipinski definition) is 3. The van der Waals surface area contributed by atoms with Crippen LogP contribution in [0.2, 0.25) is 10.0 Å². The number of aliphatic imine (C=N–C) groups is 1. The summed E-state index contributed by atoms with van der Waals surface area (Å²) in [6.45, 7) is 0. The molecule has 0 aliphatic carbocycles. The molecule has 0 saturated heterocycles. The number of rotatable bonds is 2. The monoisotopic (exact) mass is 280 g/mol. The normalized spacial score (nSPS) is 10.6. The largest absolute Gasteiger partial charge is 0.244 e. The lowest BCUT2D eigenvalue weighted by atomic mass is 10.2. The van der Waals surface area contributed by atoms with E-state index in [1.165, 1.54) is 11.3 Å². The lowest BCUT2D eigenvalue weighted by molar-refractivity contribution is 1.49. The number of nitriles is 1. The van der Waals surface area contributed by atoms with Gasteiger partial charge in [-0.25, -0.2) is 4.99 Å². The van der Waals surface area contributed by atoms with Crippen LogP contribution in [-0.2, 0) is 0 Å². The molecular weight excluding hydrogens is 275 g/mol. The summed E-state index contributed by atoms with van der Waals surface area (Å²) in [5.74, 6) is 0. The molecule has 0 radical (unpaired) electrons. The highest BCUT2D eigenvalue weighted by Crippen LogP contribution is 2.27. The standard InChI is InChI=1S/C12H6Cl2N2S/c13-10-2-1-3-11(14)9(10)7-16-12-8(6-15)4-5-17-12/h1-5,7H. The maximum absolute atomic E-state index is 8.84. The SMILES string of the molecule is N#Cc1ccsc1N=Cc1c(Cl)cccc1Cl. The van der Waals surface area contributed by atoms with Gasteiger partial charge in [-0.2, -0.15) is 5.26 Å². The fourth-order valence-electron chi connectivity index (χ4n) is 1.24. The maximum atomic E-state index is 8.84. The van der Waals surface area contributed by atoms with E-state index < -0.39 is 0 Å². The number of nitrogens with zero attached hydrogens (tertiary/aromatic N) is 2. The highest BCUT2D eigenvalue weighted by Gasteiger charge is 2.04. The van der Waals surface area contributed by atoms with Gasteiger partial charge in [0.15, 0.2) is 0 Å². The van der Waals surface area contributed by atoms with E-state index in [4.69, 9.17) is 28.5 Å². The minimum Gasteiger partial charge on any atom is -0.244 e. The van der Waals surface area contributed by atoms with E-state index >= 15 is 0 Å². The molecule has 0 unspecified atom stereocenters. The van der Waals surface area contributed by atoms with Gasteiger partial charge in [0.05, 0.1) is 15.6 Å². The first-order chi connectivity index (χ1) is 8.22. The molecule has 1 aromatic carbocycles. The molecule has 0 saturated carbocycles. The highest BCUT2D eigenvalue weighted by molar-refractivity contribution is 7.14. The number of thiophene rings is 1. The van der Waals surface area contributed by atoms with Crippen LogP contribution in [0.4, 0.5) is 5.00 Å². The zero-order valence-corrected chi connectivity index (χ0v) is 10.9. The van der Waals surface area contributed by atoms with E-state index in [2.05, 4.69) is 11.1 Å². The first-order valence-electron chi connectivity index (χ1n) is 4.68. The summed E-state index contributed by atoms with van der Waals surface area (Å²) in [7, 11) is 0. The van der Waals surface area contributed by atoms with Gasteiger partial charge in [-0.05, 0) is 23.6 Å². The molecule has 0 aliphatic heterocycles. The Bertz CT molecular complexity index is 591. The van der Waals surface area contributed by atoms with E-state index in [1.54, 1.807) is 30.5 Å². The van der Waals surface area contributed by atoms with Crippen molar-refractivity contribution in [3.8, 4) is 6.07 Å². The summed E-state index contributed by atoms with van der Waals surface area (Å²) in [5, 5.41) is 12.4. The second kappa shape index (κ2) is 5.33. The molecule has 1 aromatic heterocycles. The predicted octanol–water partition coefficient (Wildman–Crippen LogP) is 4.68. The molecule has 84 valence electrons. The molecule has 5 heteroatoms. The van der Waals surface area contributed by atoms with Gasteiger partial charge < -0.3 is 0 Å². The second-order valence-corrected chi connectivity index (χ2v) is 4.85. The summed E-state index contributed by atoms with van der Waals surface area (Å²) in [6.07, 6.45) is 1.58. The van der Waals surface area contributed by atoms with Crippen molar-refractivity contribution in [2.24, 2.45) is 4.99 Å². The van der Waals surface area contributed by atoms with Gasteiger partial charge in [0.1, 0.15) is 11.1 Å². The Morgan fingerprint density at radius 1 is 1.24 bits per heavy atom. The van der Waals surface area contributed by atoms with Crippen LogP contribution in [0.15, 0.2) is 34.6 Å². The average molecular weight is 281 g/mol. The molecule has 1 heterocycles. The zero-order valence-electron chi connectivity index (χ0n) is 8.52. The van der Waals surface area contributed by atoms with Gasteiger partial charge in [0.2, 0.25) is 0 Å². The molecule has 2 rings (SSSR count). The quantitative estimate of drug-likeness (QED) is 0.736.